The van der Waals surface area contributed by atoms with Gasteiger partial charge < -0.3 is 10.6 Å². The van der Waals surface area contributed by atoms with Crippen LogP contribution in [-0.2, 0) is 11.8 Å². The van der Waals surface area contributed by atoms with Crippen LogP contribution in [0.1, 0.15) is 20.3 Å². The number of hydrogen-bond donors (Lipinski definition) is 2. The van der Waals surface area contributed by atoms with Crippen molar-refractivity contribution in [3.05, 3.63) is 12.4 Å². The minimum absolute atomic E-state index is 0.0386. The number of carbonyl (C=O) groups is 1. The van der Waals surface area contributed by atoms with Crippen LogP contribution in [0.15, 0.2) is 12.4 Å². The van der Waals surface area contributed by atoms with E-state index in [0.29, 0.717) is 12.6 Å². The lowest BCUT2D eigenvalue weighted by molar-refractivity contribution is -0.115. The summed E-state index contributed by atoms with van der Waals surface area (Å²) >= 11 is 0. The van der Waals surface area contributed by atoms with E-state index in [1.54, 1.807) is 17.1 Å². The van der Waals surface area contributed by atoms with E-state index in [4.69, 9.17) is 0 Å². The Labute approximate surface area is 89.9 Å². The van der Waals surface area contributed by atoms with Gasteiger partial charge >= 0.3 is 0 Å². The molecule has 0 aliphatic heterocycles. The average molecular weight is 210 g/mol. The fraction of sp³-hybridized carbons (Fsp3) is 0.600. The molecular formula is C10H18N4O. The van der Waals surface area contributed by atoms with Gasteiger partial charge in [-0.15, -0.1) is 0 Å². The number of nitrogens with one attached hydrogen (secondary N) is 2. The Morgan fingerprint density at radius 3 is 2.93 bits per heavy atom. The maximum Gasteiger partial charge on any atom is 0.238 e. The van der Waals surface area contributed by atoms with Crippen molar-refractivity contribution in [1.82, 2.24) is 15.1 Å². The van der Waals surface area contributed by atoms with Crippen molar-refractivity contribution in [3.63, 3.8) is 0 Å². The zero-order chi connectivity index (χ0) is 11.3. The Bertz CT molecular complexity index is 321. The standard InChI is InChI=1S/C10H18N4O/c1-4-8(2)11-6-10(15)13-9-5-12-14(3)7-9/h5,7-8,11H,4,6H2,1-3H3,(H,13,15). The quantitative estimate of drug-likeness (QED) is 0.754. The molecule has 0 saturated heterocycles. The van der Waals surface area contributed by atoms with E-state index in [2.05, 4.69) is 29.6 Å². The van der Waals surface area contributed by atoms with Crippen molar-refractivity contribution in [3.8, 4) is 0 Å². The van der Waals surface area contributed by atoms with Crippen molar-refractivity contribution >= 4 is 11.6 Å². The molecule has 0 radical (unpaired) electrons. The predicted molar refractivity (Wildman–Crippen MR) is 59.6 cm³/mol. The topological polar surface area (TPSA) is 59.0 Å². The van der Waals surface area contributed by atoms with Crippen LogP contribution in [0, 0.1) is 0 Å². The SMILES string of the molecule is CCC(C)NCC(=O)Nc1cnn(C)c1. The minimum Gasteiger partial charge on any atom is -0.322 e. The first kappa shape index (κ1) is 11.7. The average Bonchev–Trinajstić information content (AvgIpc) is 2.60. The number of aryl methyl sites for hydroxylation is 1. The van der Waals surface area contributed by atoms with Crippen LogP contribution in [0.2, 0.25) is 0 Å². The molecule has 2 N–H and O–H groups in total. The second-order valence-electron chi connectivity index (χ2n) is 3.64. The second-order valence-corrected chi connectivity index (χ2v) is 3.64. The molecule has 1 atom stereocenters. The Kier molecular flexibility index (Phi) is 4.30. The Morgan fingerprint density at radius 2 is 2.40 bits per heavy atom. The van der Waals surface area contributed by atoms with Crippen LogP contribution >= 0.6 is 0 Å². The van der Waals surface area contributed by atoms with E-state index >= 15 is 0 Å². The molecule has 0 aliphatic carbocycles. The molecule has 0 aliphatic rings. The van der Waals surface area contributed by atoms with Crippen LogP contribution in [-0.4, -0.2) is 28.3 Å². The molecule has 15 heavy (non-hydrogen) atoms. The van der Waals surface area contributed by atoms with Gasteiger partial charge in [-0.2, -0.15) is 5.10 Å². The molecule has 1 aromatic rings. The van der Waals surface area contributed by atoms with Gasteiger partial charge in [0.2, 0.25) is 5.91 Å². The van der Waals surface area contributed by atoms with Crippen molar-refractivity contribution in [2.75, 3.05) is 11.9 Å². The molecule has 1 amide bonds. The Morgan fingerprint density at radius 1 is 1.67 bits per heavy atom. The lowest BCUT2D eigenvalue weighted by Gasteiger charge is -2.10. The Hall–Kier alpha value is -1.36. The van der Waals surface area contributed by atoms with E-state index in [-0.39, 0.29) is 5.91 Å². The third kappa shape index (κ3) is 4.12. The van der Waals surface area contributed by atoms with Crippen molar-refractivity contribution in [2.45, 2.75) is 26.3 Å². The van der Waals surface area contributed by atoms with Crippen LogP contribution in [0.5, 0.6) is 0 Å². The highest BCUT2D eigenvalue weighted by Crippen LogP contribution is 2.02. The lowest BCUT2D eigenvalue weighted by atomic mass is 10.2. The fourth-order valence-electron chi connectivity index (χ4n) is 1.10. The van der Waals surface area contributed by atoms with E-state index in [1.807, 2.05) is 7.05 Å². The van der Waals surface area contributed by atoms with Gasteiger partial charge in [-0.1, -0.05) is 6.92 Å². The van der Waals surface area contributed by atoms with Gasteiger partial charge in [0.25, 0.3) is 0 Å². The molecule has 5 nitrogen and oxygen atoms in total. The summed E-state index contributed by atoms with van der Waals surface area (Å²) in [5, 5.41) is 9.84. The van der Waals surface area contributed by atoms with Crippen LogP contribution in [0.4, 0.5) is 5.69 Å². The summed E-state index contributed by atoms with van der Waals surface area (Å²) in [6.07, 6.45) is 4.41. The highest BCUT2D eigenvalue weighted by Gasteiger charge is 2.05. The molecule has 5 heteroatoms. The summed E-state index contributed by atoms with van der Waals surface area (Å²) in [5.74, 6) is -0.0386. The number of rotatable bonds is 5. The molecule has 1 aromatic heterocycles. The van der Waals surface area contributed by atoms with Gasteiger partial charge in [0.1, 0.15) is 0 Å². The number of hydrogen-bond acceptors (Lipinski definition) is 3. The summed E-state index contributed by atoms with van der Waals surface area (Å²) in [4.78, 5) is 11.4. The third-order valence-electron chi connectivity index (χ3n) is 2.21. The largest absolute Gasteiger partial charge is 0.322 e. The zero-order valence-electron chi connectivity index (χ0n) is 9.45. The van der Waals surface area contributed by atoms with E-state index in [0.717, 1.165) is 12.1 Å². The molecule has 0 spiro atoms. The molecule has 1 rings (SSSR count). The first-order valence-electron chi connectivity index (χ1n) is 5.13. The maximum absolute atomic E-state index is 11.4. The van der Waals surface area contributed by atoms with Gasteiger partial charge in [0.15, 0.2) is 0 Å². The number of aromatic nitrogens is 2. The minimum atomic E-state index is -0.0386. The lowest BCUT2D eigenvalue weighted by Crippen LogP contribution is -2.33. The number of amides is 1. The number of nitrogens with zero attached hydrogens (tertiary/aromatic N) is 2. The first-order valence-corrected chi connectivity index (χ1v) is 5.13. The van der Waals surface area contributed by atoms with Gasteiger partial charge in [0.05, 0.1) is 18.4 Å². The summed E-state index contributed by atoms with van der Waals surface area (Å²) in [6.45, 7) is 4.47. The van der Waals surface area contributed by atoms with E-state index in [1.165, 1.54) is 0 Å². The predicted octanol–water partition coefficient (Wildman–Crippen LogP) is 0.747. The fourth-order valence-corrected chi connectivity index (χ4v) is 1.10. The van der Waals surface area contributed by atoms with Crippen LogP contribution in [0.25, 0.3) is 0 Å². The van der Waals surface area contributed by atoms with Crippen molar-refractivity contribution in [1.29, 1.82) is 0 Å². The smallest absolute Gasteiger partial charge is 0.238 e. The third-order valence-corrected chi connectivity index (χ3v) is 2.21. The summed E-state index contributed by atoms with van der Waals surface area (Å²) in [5.41, 5.74) is 0.730. The van der Waals surface area contributed by atoms with Gasteiger partial charge in [-0.3, -0.25) is 9.48 Å². The molecule has 0 bridgehead atoms. The first-order chi connectivity index (χ1) is 7.11. The molecule has 1 heterocycles. The number of anilines is 1. The molecule has 0 fully saturated rings. The molecule has 84 valence electrons. The Balaban J connectivity index is 2.30. The van der Waals surface area contributed by atoms with E-state index in [9.17, 15) is 4.79 Å². The highest BCUT2D eigenvalue weighted by molar-refractivity contribution is 5.91. The van der Waals surface area contributed by atoms with Crippen molar-refractivity contribution in [2.24, 2.45) is 7.05 Å². The molecule has 1 unspecified atom stereocenters. The maximum atomic E-state index is 11.4. The van der Waals surface area contributed by atoms with Gasteiger partial charge in [-0.05, 0) is 13.3 Å². The van der Waals surface area contributed by atoms with Gasteiger partial charge in [0, 0.05) is 19.3 Å². The summed E-state index contributed by atoms with van der Waals surface area (Å²) < 4.78 is 1.65. The van der Waals surface area contributed by atoms with Crippen molar-refractivity contribution < 1.29 is 4.79 Å². The molecule has 0 saturated carbocycles. The van der Waals surface area contributed by atoms with Gasteiger partial charge in [-0.25, -0.2) is 0 Å². The highest BCUT2D eigenvalue weighted by atomic mass is 16.1. The zero-order valence-corrected chi connectivity index (χ0v) is 9.45. The van der Waals surface area contributed by atoms with E-state index < -0.39 is 0 Å². The normalized spacial score (nSPS) is 12.5. The monoisotopic (exact) mass is 210 g/mol. The number of carbonyl (C=O) groups excluding carboxylic acids is 1. The molecule has 0 aromatic carbocycles. The second kappa shape index (κ2) is 5.50. The summed E-state index contributed by atoms with van der Waals surface area (Å²) in [7, 11) is 1.81. The van der Waals surface area contributed by atoms with Crippen LogP contribution in [0.3, 0.4) is 0 Å². The van der Waals surface area contributed by atoms with Crippen LogP contribution < -0.4 is 10.6 Å². The molecular weight excluding hydrogens is 192 g/mol. The summed E-state index contributed by atoms with van der Waals surface area (Å²) in [6, 6.07) is 0.365.